The van der Waals surface area contributed by atoms with Crippen molar-refractivity contribution in [1.82, 2.24) is 4.90 Å². The number of piperidine rings is 1. The Morgan fingerprint density at radius 1 is 1.10 bits per heavy atom. The van der Waals surface area contributed by atoms with Gasteiger partial charge in [-0.05, 0) is 48.6 Å². The van der Waals surface area contributed by atoms with Crippen LogP contribution in [0.25, 0.3) is 6.08 Å². The minimum Gasteiger partial charge on any atom is -0.497 e. The number of ether oxygens (including phenoxy) is 1. The zero-order valence-corrected chi connectivity index (χ0v) is 17.0. The molecule has 2 fully saturated rings. The fraction of sp³-hybridized carbons (Fsp3) is 0.400. The van der Waals surface area contributed by atoms with E-state index in [0.29, 0.717) is 13.0 Å². The van der Waals surface area contributed by atoms with Crippen molar-refractivity contribution in [2.75, 3.05) is 13.7 Å². The van der Waals surface area contributed by atoms with Gasteiger partial charge in [0, 0.05) is 18.5 Å². The van der Waals surface area contributed by atoms with Crippen molar-refractivity contribution in [2.24, 2.45) is 5.92 Å². The first kappa shape index (κ1) is 19.7. The van der Waals surface area contributed by atoms with Crippen molar-refractivity contribution >= 4 is 12.0 Å². The first-order valence-corrected chi connectivity index (χ1v) is 10.5. The average molecular weight is 392 g/mol. The third kappa shape index (κ3) is 4.08. The lowest BCUT2D eigenvalue weighted by molar-refractivity contribution is -0.150. The summed E-state index contributed by atoms with van der Waals surface area (Å²) in [7, 11) is 1.65. The maximum atomic E-state index is 13.2. The number of hydrogen-bond donors (Lipinski definition) is 1. The molecule has 4 nitrogen and oxygen atoms in total. The molecule has 4 heteroatoms. The fourth-order valence-electron chi connectivity index (χ4n) is 4.97. The molecule has 0 bridgehead atoms. The Morgan fingerprint density at radius 2 is 1.86 bits per heavy atom. The number of aliphatic hydroxyl groups is 1. The maximum Gasteiger partial charge on any atom is 0.247 e. The first-order chi connectivity index (χ1) is 14.1. The van der Waals surface area contributed by atoms with Gasteiger partial charge in [0.1, 0.15) is 5.75 Å². The standard InChI is InChI=1S/C25H29NO3/c1-29-21-13-11-20(12-14-21)24-22-9-5-6-16-25(22,28)17-18-26(24)23(27)15-10-19-7-3-2-4-8-19/h2-4,7-8,10-15,22,24,28H,5-6,9,16-18H2,1H3/b15-10+/t22-,24?,25-/m0/s1. The highest BCUT2D eigenvalue weighted by atomic mass is 16.5. The van der Waals surface area contributed by atoms with E-state index in [-0.39, 0.29) is 17.9 Å². The van der Waals surface area contributed by atoms with Gasteiger partial charge in [-0.3, -0.25) is 4.79 Å². The summed E-state index contributed by atoms with van der Waals surface area (Å²) in [6, 6.07) is 17.7. The topological polar surface area (TPSA) is 49.8 Å². The van der Waals surface area contributed by atoms with E-state index in [9.17, 15) is 9.90 Å². The van der Waals surface area contributed by atoms with Crippen molar-refractivity contribution in [1.29, 1.82) is 0 Å². The van der Waals surface area contributed by atoms with E-state index in [1.807, 2.05) is 65.6 Å². The predicted octanol–water partition coefficient (Wildman–Crippen LogP) is 4.60. The van der Waals surface area contributed by atoms with Gasteiger partial charge in [0.25, 0.3) is 0 Å². The summed E-state index contributed by atoms with van der Waals surface area (Å²) in [5.41, 5.74) is 1.40. The minimum atomic E-state index is -0.678. The lowest BCUT2D eigenvalue weighted by atomic mass is 9.66. The molecular formula is C25H29NO3. The molecule has 0 aromatic heterocycles. The number of carbonyl (C=O) groups excluding carboxylic acids is 1. The van der Waals surface area contributed by atoms with E-state index in [2.05, 4.69) is 0 Å². The molecule has 3 atom stereocenters. The van der Waals surface area contributed by atoms with Crippen molar-refractivity contribution in [3.05, 3.63) is 71.8 Å². The van der Waals surface area contributed by atoms with Gasteiger partial charge in [0.05, 0.1) is 18.8 Å². The van der Waals surface area contributed by atoms with Crippen molar-refractivity contribution in [3.63, 3.8) is 0 Å². The maximum absolute atomic E-state index is 13.2. The molecule has 1 saturated carbocycles. The van der Waals surface area contributed by atoms with E-state index in [1.54, 1.807) is 13.2 Å². The predicted molar refractivity (Wildman–Crippen MR) is 114 cm³/mol. The van der Waals surface area contributed by atoms with Crippen LogP contribution < -0.4 is 4.74 Å². The van der Waals surface area contributed by atoms with Crippen LogP contribution in [0.2, 0.25) is 0 Å². The second-order valence-electron chi connectivity index (χ2n) is 8.20. The second-order valence-corrected chi connectivity index (χ2v) is 8.20. The average Bonchev–Trinajstić information content (AvgIpc) is 2.77. The molecule has 1 aliphatic carbocycles. The highest BCUT2D eigenvalue weighted by Crippen LogP contribution is 2.49. The molecule has 1 unspecified atom stereocenters. The molecule has 2 aromatic rings. The number of nitrogens with zero attached hydrogens (tertiary/aromatic N) is 1. The molecule has 152 valence electrons. The summed E-state index contributed by atoms with van der Waals surface area (Å²) < 4.78 is 5.30. The van der Waals surface area contributed by atoms with Crippen LogP contribution in [0.4, 0.5) is 0 Å². The highest BCUT2D eigenvalue weighted by Gasteiger charge is 2.49. The fourth-order valence-corrected chi connectivity index (χ4v) is 4.97. The van der Waals surface area contributed by atoms with E-state index < -0.39 is 5.60 Å². The second kappa shape index (κ2) is 8.42. The Kier molecular flexibility index (Phi) is 5.72. The number of carbonyl (C=O) groups is 1. The van der Waals surface area contributed by atoms with Crippen LogP contribution in [0.15, 0.2) is 60.7 Å². The number of benzene rings is 2. The summed E-state index contributed by atoms with van der Waals surface area (Å²) in [4.78, 5) is 15.1. The normalized spacial score (nSPS) is 26.9. The van der Waals surface area contributed by atoms with Gasteiger partial charge in [0.2, 0.25) is 5.91 Å². The smallest absolute Gasteiger partial charge is 0.247 e. The van der Waals surface area contributed by atoms with Crippen LogP contribution in [-0.2, 0) is 4.79 Å². The summed E-state index contributed by atoms with van der Waals surface area (Å²) >= 11 is 0. The van der Waals surface area contributed by atoms with E-state index in [1.165, 1.54) is 0 Å². The largest absolute Gasteiger partial charge is 0.497 e. The van der Waals surface area contributed by atoms with E-state index >= 15 is 0 Å². The monoisotopic (exact) mass is 391 g/mol. The lowest BCUT2D eigenvalue weighted by Crippen LogP contribution is -2.56. The Labute approximate surface area is 172 Å². The Morgan fingerprint density at radius 3 is 2.59 bits per heavy atom. The van der Waals surface area contributed by atoms with Gasteiger partial charge in [0.15, 0.2) is 0 Å². The van der Waals surface area contributed by atoms with Crippen LogP contribution >= 0.6 is 0 Å². The Balaban J connectivity index is 1.65. The molecule has 1 aliphatic heterocycles. The Hall–Kier alpha value is -2.59. The summed E-state index contributed by atoms with van der Waals surface area (Å²) in [5, 5.41) is 11.4. The SMILES string of the molecule is COc1ccc(C2[C@@H]3CCCC[C@]3(O)CCN2C(=O)/C=C/c2ccccc2)cc1. The lowest BCUT2D eigenvalue weighted by Gasteiger charge is -2.52. The number of rotatable bonds is 4. The van der Waals surface area contributed by atoms with Gasteiger partial charge < -0.3 is 14.7 Å². The minimum absolute atomic E-state index is 0.00212. The van der Waals surface area contributed by atoms with Gasteiger partial charge >= 0.3 is 0 Å². The number of amides is 1. The number of hydrogen-bond acceptors (Lipinski definition) is 3. The van der Waals surface area contributed by atoms with Gasteiger partial charge in [-0.1, -0.05) is 55.3 Å². The van der Waals surface area contributed by atoms with Crippen LogP contribution in [0.3, 0.4) is 0 Å². The third-order valence-corrected chi connectivity index (χ3v) is 6.53. The molecule has 2 aromatic carbocycles. The Bertz CT molecular complexity index is 861. The number of likely N-dealkylation sites (tertiary alicyclic amines) is 1. The molecule has 4 rings (SSSR count). The van der Waals surface area contributed by atoms with Gasteiger partial charge in [-0.2, -0.15) is 0 Å². The van der Waals surface area contributed by atoms with Crippen LogP contribution in [0.1, 0.15) is 49.3 Å². The first-order valence-electron chi connectivity index (χ1n) is 10.5. The van der Waals surface area contributed by atoms with E-state index in [4.69, 9.17) is 4.74 Å². The van der Waals surface area contributed by atoms with Crippen molar-refractivity contribution in [3.8, 4) is 5.75 Å². The van der Waals surface area contributed by atoms with Crippen molar-refractivity contribution < 1.29 is 14.6 Å². The van der Waals surface area contributed by atoms with Gasteiger partial charge in [-0.25, -0.2) is 0 Å². The molecule has 0 radical (unpaired) electrons. The highest BCUT2D eigenvalue weighted by molar-refractivity contribution is 5.92. The molecule has 1 heterocycles. The van der Waals surface area contributed by atoms with E-state index in [0.717, 1.165) is 42.6 Å². The van der Waals surface area contributed by atoms with Crippen LogP contribution in [-0.4, -0.2) is 35.2 Å². The molecule has 1 amide bonds. The molecule has 1 saturated heterocycles. The molecule has 0 spiro atoms. The van der Waals surface area contributed by atoms with Crippen molar-refractivity contribution in [2.45, 2.75) is 43.7 Å². The summed E-state index contributed by atoms with van der Waals surface area (Å²) in [5.74, 6) is 0.861. The van der Waals surface area contributed by atoms with Crippen LogP contribution in [0.5, 0.6) is 5.75 Å². The van der Waals surface area contributed by atoms with Crippen LogP contribution in [0, 0.1) is 5.92 Å². The zero-order chi connectivity index (χ0) is 20.3. The number of methoxy groups -OCH3 is 1. The third-order valence-electron chi connectivity index (χ3n) is 6.53. The molecular weight excluding hydrogens is 362 g/mol. The molecule has 29 heavy (non-hydrogen) atoms. The quantitative estimate of drug-likeness (QED) is 0.775. The molecule has 2 aliphatic rings. The van der Waals surface area contributed by atoms with Gasteiger partial charge in [-0.15, -0.1) is 0 Å². The summed E-state index contributed by atoms with van der Waals surface area (Å²) in [6.45, 7) is 0.571. The molecule has 1 N–H and O–H groups in total. The summed E-state index contributed by atoms with van der Waals surface area (Å²) in [6.07, 6.45) is 8.11. The zero-order valence-electron chi connectivity index (χ0n) is 17.0. The number of fused-ring (bicyclic) bond motifs is 1.